The quantitative estimate of drug-likeness (QED) is 0.289. The van der Waals surface area contributed by atoms with Gasteiger partial charge in [0.15, 0.2) is 11.5 Å². The van der Waals surface area contributed by atoms with Gasteiger partial charge in [-0.15, -0.1) is 0 Å². The Balaban J connectivity index is 2.01. The van der Waals surface area contributed by atoms with Gasteiger partial charge in [0.05, 0.1) is 45.7 Å². The molecule has 1 aliphatic heterocycles. The molecule has 36 heavy (non-hydrogen) atoms. The van der Waals surface area contributed by atoms with Crippen LogP contribution in [0.25, 0.3) is 5.76 Å². The molecule has 1 saturated heterocycles. The van der Waals surface area contributed by atoms with Gasteiger partial charge in [-0.05, 0) is 54.1 Å². The van der Waals surface area contributed by atoms with E-state index in [9.17, 15) is 19.8 Å². The first-order chi connectivity index (χ1) is 17.4. The van der Waals surface area contributed by atoms with Gasteiger partial charge >= 0.3 is 0 Å². The summed E-state index contributed by atoms with van der Waals surface area (Å²) >= 11 is 0. The summed E-state index contributed by atoms with van der Waals surface area (Å²) in [6, 6.07) is 14.6. The van der Waals surface area contributed by atoms with Crippen molar-refractivity contribution in [2.24, 2.45) is 0 Å². The van der Waals surface area contributed by atoms with E-state index in [1.54, 1.807) is 48.5 Å². The number of ether oxygens (including phenoxy) is 4. The number of aliphatic hydroxyl groups is 1. The number of anilines is 1. The molecular weight excluding hydrogens is 466 g/mol. The van der Waals surface area contributed by atoms with Gasteiger partial charge in [-0.2, -0.15) is 0 Å². The van der Waals surface area contributed by atoms with Crippen molar-refractivity contribution in [3.8, 4) is 28.7 Å². The summed E-state index contributed by atoms with van der Waals surface area (Å²) < 4.78 is 21.5. The van der Waals surface area contributed by atoms with Gasteiger partial charge in [-0.3, -0.25) is 14.5 Å². The first-order valence-electron chi connectivity index (χ1n) is 10.9. The number of phenolic OH excluding ortho intramolecular Hbond substituents is 1. The zero-order valence-electron chi connectivity index (χ0n) is 20.1. The van der Waals surface area contributed by atoms with Crippen LogP contribution in [0.3, 0.4) is 0 Å². The fraction of sp³-hybridized carbons (Fsp3) is 0.185. The number of phenols is 1. The zero-order valence-corrected chi connectivity index (χ0v) is 20.1. The van der Waals surface area contributed by atoms with Crippen molar-refractivity contribution < 1.29 is 38.7 Å². The zero-order chi connectivity index (χ0) is 26.0. The second kappa shape index (κ2) is 9.91. The number of aliphatic hydroxyl groups excluding tert-OH is 1. The van der Waals surface area contributed by atoms with E-state index in [1.165, 1.54) is 40.6 Å². The third kappa shape index (κ3) is 4.04. The van der Waals surface area contributed by atoms with Crippen molar-refractivity contribution >= 4 is 23.1 Å². The molecule has 4 rings (SSSR count). The molecule has 0 bridgehead atoms. The van der Waals surface area contributed by atoms with Crippen LogP contribution in [0.5, 0.6) is 28.7 Å². The second-order valence-electron chi connectivity index (χ2n) is 7.84. The molecule has 9 heteroatoms. The molecule has 2 N–H and O–H groups in total. The lowest BCUT2D eigenvalue weighted by atomic mass is 9.94. The predicted octanol–water partition coefficient (Wildman–Crippen LogP) is 4.05. The van der Waals surface area contributed by atoms with Crippen LogP contribution >= 0.6 is 0 Å². The summed E-state index contributed by atoms with van der Waals surface area (Å²) in [5.74, 6) is -0.955. The molecule has 3 aromatic carbocycles. The highest BCUT2D eigenvalue weighted by Crippen LogP contribution is 2.48. The van der Waals surface area contributed by atoms with E-state index in [-0.39, 0.29) is 22.8 Å². The topological polar surface area (TPSA) is 115 Å². The minimum absolute atomic E-state index is 0.104. The number of nitrogens with zero attached hydrogens (tertiary/aromatic N) is 1. The summed E-state index contributed by atoms with van der Waals surface area (Å²) in [5, 5.41) is 21.8. The molecule has 0 radical (unpaired) electrons. The Bertz CT molecular complexity index is 1320. The van der Waals surface area contributed by atoms with Crippen molar-refractivity contribution in [1.82, 2.24) is 0 Å². The van der Waals surface area contributed by atoms with Crippen LogP contribution in [0.4, 0.5) is 5.69 Å². The summed E-state index contributed by atoms with van der Waals surface area (Å²) in [7, 11) is 5.85. The van der Waals surface area contributed by atoms with Gasteiger partial charge in [-0.1, -0.05) is 12.1 Å². The number of hydrogen-bond donors (Lipinski definition) is 2. The van der Waals surface area contributed by atoms with Crippen molar-refractivity contribution in [1.29, 1.82) is 0 Å². The Hall–Kier alpha value is -4.66. The summed E-state index contributed by atoms with van der Waals surface area (Å²) in [4.78, 5) is 27.8. The third-order valence-electron chi connectivity index (χ3n) is 5.95. The predicted molar refractivity (Wildman–Crippen MR) is 132 cm³/mol. The number of para-hydroxylation sites is 2. The lowest BCUT2D eigenvalue weighted by molar-refractivity contribution is -0.132. The number of carbonyl (C=O) groups excluding carboxylic acids is 2. The number of rotatable bonds is 7. The average Bonchev–Trinajstić information content (AvgIpc) is 3.17. The van der Waals surface area contributed by atoms with Crippen LogP contribution in [-0.4, -0.2) is 50.3 Å². The molecule has 1 aliphatic rings. The lowest BCUT2D eigenvalue weighted by Crippen LogP contribution is -2.29. The van der Waals surface area contributed by atoms with E-state index < -0.39 is 17.7 Å². The van der Waals surface area contributed by atoms with Gasteiger partial charge < -0.3 is 29.2 Å². The largest absolute Gasteiger partial charge is 0.507 e. The summed E-state index contributed by atoms with van der Waals surface area (Å²) in [6.45, 7) is 0. The van der Waals surface area contributed by atoms with Crippen molar-refractivity contribution in [2.75, 3.05) is 33.3 Å². The number of amides is 1. The monoisotopic (exact) mass is 491 g/mol. The van der Waals surface area contributed by atoms with Crippen molar-refractivity contribution in [2.45, 2.75) is 6.04 Å². The minimum Gasteiger partial charge on any atom is -0.507 e. The fourth-order valence-electron chi connectivity index (χ4n) is 4.23. The fourth-order valence-corrected chi connectivity index (χ4v) is 4.23. The maximum atomic E-state index is 13.4. The van der Waals surface area contributed by atoms with E-state index in [0.717, 1.165) is 4.90 Å². The number of aromatic hydroxyl groups is 1. The van der Waals surface area contributed by atoms with E-state index in [1.807, 2.05) is 0 Å². The number of hydrogen-bond acceptors (Lipinski definition) is 8. The van der Waals surface area contributed by atoms with Crippen LogP contribution in [0, 0.1) is 0 Å². The lowest BCUT2D eigenvalue weighted by Gasteiger charge is -2.27. The number of Topliss-reactive ketones (excluding diaryl/α,β-unsaturated/α-hetero) is 1. The minimum atomic E-state index is -1.12. The standard InChI is InChI=1S/C27H25NO8/c1-33-17-11-9-15(10-12-17)24(30)22-23(16-13-20(34-2)26(36-4)21(14-16)35-3)28(27(32)25(22)31)18-7-5-6-8-19(18)29/h5-14,23,29-30H,1-4H3/b24-22+. The van der Waals surface area contributed by atoms with Crippen molar-refractivity contribution in [3.05, 3.63) is 77.4 Å². The SMILES string of the molecule is COc1ccc(/C(O)=C2\C(=O)C(=O)N(c3ccccc3O)C2c2cc(OC)c(OC)c(OC)c2)cc1. The number of benzene rings is 3. The molecule has 1 fully saturated rings. The van der Waals surface area contributed by atoms with Crippen LogP contribution in [0.2, 0.25) is 0 Å². The second-order valence-corrected chi connectivity index (χ2v) is 7.84. The third-order valence-corrected chi connectivity index (χ3v) is 5.95. The molecule has 1 unspecified atom stereocenters. The number of carbonyl (C=O) groups is 2. The highest BCUT2D eigenvalue weighted by molar-refractivity contribution is 6.52. The molecule has 1 amide bonds. The number of methoxy groups -OCH3 is 4. The van der Waals surface area contributed by atoms with E-state index in [0.29, 0.717) is 34.1 Å². The maximum absolute atomic E-state index is 13.4. The van der Waals surface area contributed by atoms with Gasteiger partial charge in [0.25, 0.3) is 11.7 Å². The Kier molecular flexibility index (Phi) is 6.73. The molecular formula is C27H25NO8. The molecule has 0 aliphatic carbocycles. The van der Waals surface area contributed by atoms with Crippen LogP contribution in [0.1, 0.15) is 17.2 Å². The van der Waals surface area contributed by atoms with Gasteiger partial charge in [0.1, 0.15) is 17.3 Å². The van der Waals surface area contributed by atoms with E-state index in [2.05, 4.69) is 0 Å². The van der Waals surface area contributed by atoms with Gasteiger partial charge in [-0.25, -0.2) is 0 Å². The Morgan fingerprint density at radius 3 is 1.97 bits per heavy atom. The van der Waals surface area contributed by atoms with Crippen LogP contribution in [0.15, 0.2) is 66.2 Å². The summed E-state index contributed by atoms with van der Waals surface area (Å²) in [6.07, 6.45) is 0. The molecule has 186 valence electrons. The van der Waals surface area contributed by atoms with Gasteiger partial charge in [0, 0.05) is 5.56 Å². The number of ketones is 1. The highest BCUT2D eigenvalue weighted by Gasteiger charge is 2.48. The molecule has 0 saturated carbocycles. The average molecular weight is 491 g/mol. The molecule has 9 nitrogen and oxygen atoms in total. The maximum Gasteiger partial charge on any atom is 0.300 e. The van der Waals surface area contributed by atoms with Crippen LogP contribution in [-0.2, 0) is 9.59 Å². The molecule has 1 atom stereocenters. The first-order valence-corrected chi connectivity index (χ1v) is 10.9. The summed E-state index contributed by atoms with van der Waals surface area (Å²) in [5.41, 5.74) is 0.639. The Morgan fingerprint density at radius 2 is 1.44 bits per heavy atom. The van der Waals surface area contributed by atoms with Gasteiger partial charge in [0.2, 0.25) is 5.75 Å². The molecule has 1 heterocycles. The van der Waals surface area contributed by atoms with Crippen molar-refractivity contribution in [3.63, 3.8) is 0 Å². The smallest absolute Gasteiger partial charge is 0.300 e. The first kappa shape index (κ1) is 24.5. The molecule has 0 aromatic heterocycles. The Morgan fingerprint density at radius 1 is 0.833 bits per heavy atom. The highest BCUT2D eigenvalue weighted by atomic mass is 16.5. The van der Waals surface area contributed by atoms with E-state index >= 15 is 0 Å². The normalized spacial score (nSPS) is 16.7. The van der Waals surface area contributed by atoms with Crippen LogP contribution < -0.4 is 23.8 Å². The Labute approximate surface area is 207 Å². The van der Waals surface area contributed by atoms with E-state index in [4.69, 9.17) is 18.9 Å². The molecule has 3 aromatic rings. The molecule has 0 spiro atoms.